The predicted octanol–water partition coefficient (Wildman–Crippen LogP) is 3.11. The molecule has 2 aromatic carbocycles. The van der Waals surface area contributed by atoms with Crippen LogP contribution < -0.4 is 14.4 Å². The van der Waals surface area contributed by atoms with Gasteiger partial charge >= 0.3 is 0 Å². The van der Waals surface area contributed by atoms with Crippen LogP contribution in [-0.4, -0.2) is 33.7 Å². The van der Waals surface area contributed by atoms with Crippen molar-refractivity contribution in [3.8, 4) is 5.75 Å². The fraction of sp³-hybridized carbons (Fsp3) is 0.316. The van der Waals surface area contributed by atoms with Crippen molar-refractivity contribution in [3.63, 3.8) is 0 Å². The smallest absolute Gasteiger partial charge is 0.247 e. The van der Waals surface area contributed by atoms with Gasteiger partial charge in [-0.2, -0.15) is 0 Å². The summed E-state index contributed by atoms with van der Waals surface area (Å²) in [4.78, 5) is 12.7. The third kappa shape index (κ3) is 4.54. The molecular weight excluding hydrogens is 352 g/mol. The lowest BCUT2D eigenvalue weighted by Gasteiger charge is -2.28. The monoisotopic (exact) mass is 376 g/mol. The highest BCUT2D eigenvalue weighted by Crippen LogP contribution is 2.26. The van der Waals surface area contributed by atoms with Gasteiger partial charge in [0.15, 0.2) is 0 Å². The molecular formula is C19H24N2O4S. The van der Waals surface area contributed by atoms with Crippen molar-refractivity contribution in [1.29, 1.82) is 0 Å². The van der Waals surface area contributed by atoms with E-state index in [-0.39, 0.29) is 0 Å². The molecule has 0 spiro atoms. The maximum atomic E-state index is 12.7. The second-order valence-electron chi connectivity index (χ2n) is 6.22. The molecule has 0 aliphatic heterocycles. The average molecular weight is 376 g/mol. The van der Waals surface area contributed by atoms with Gasteiger partial charge in [-0.05, 0) is 56.2 Å². The van der Waals surface area contributed by atoms with Crippen LogP contribution in [0.5, 0.6) is 5.75 Å². The minimum atomic E-state index is -3.68. The van der Waals surface area contributed by atoms with E-state index in [0.717, 1.165) is 21.7 Å². The number of ether oxygens (including phenoxy) is 1. The van der Waals surface area contributed by atoms with E-state index >= 15 is 0 Å². The van der Waals surface area contributed by atoms with Gasteiger partial charge in [-0.1, -0.05) is 12.1 Å². The average Bonchev–Trinajstić information content (AvgIpc) is 2.57. The van der Waals surface area contributed by atoms with Gasteiger partial charge in [0.25, 0.3) is 0 Å². The zero-order valence-electron chi connectivity index (χ0n) is 15.6. The summed E-state index contributed by atoms with van der Waals surface area (Å²) < 4.78 is 30.9. The van der Waals surface area contributed by atoms with E-state index < -0.39 is 22.0 Å². The number of carbonyl (C=O) groups is 1. The molecule has 0 saturated heterocycles. The number of anilines is 2. The van der Waals surface area contributed by atoms with Crippen molar-refractivity contribution in [2.24, 2.45) is 0 Å². The molecule has 0 radical (unpaired) electrons. The van der Waals surface area contributed by atoms with Crippen LogP contribution >= 0.6 is 0 Å². The predicted molar refractivity (Wildman–Crippen MR) is 104 cm³/mol. The molecule has 2 aromatic rings. The Balaban J connectivity index is 2.32. The normalized spacial score (nSPS) is 12.3. The van der Waals surface area contributed by atoms with Gasteiger partial charge in [-0.3, -0.25) is 9.10 Å². The fourth-order valence-corrected chi connectivity index (χ4v) is 3.79. The Bertz CT molecular complexity index is 910. The van der Waals surface area contributed by atoms with E-state index in [1.807, 2.05) is 26.0 Å². The van der Waals surface area contributed by atoms with Crippen LogP contribution in [0.4, 0.5) is 11.4 Å². The van der Waals surface area contributed by atoms with E-state index in [9.17, 15) is 13.2 Å². The Morgan fingerprint density at radius 2 is 1.81 bits per heavy atom. The molecule has 1 amide bonds. The molecule has 0 aromatic heterocycles. The second-order valence-corrected chi connectivity index (χ2v) is 8.08. The quantitative estimate of drug-likeness (QED) is 0.840. The molecule has 6 nitrogen and oxygen atoms in total. The molecule has 1 atom stereocenters. The molecule has 0 fully saturated rings. The molecule has 0 unspecified atom stereocenters. The van der Waals surface area contributed by atoms with Crippen LogP contribution in [-0.2, 0) is 14.8 Å². The van der Waals surface area contributed by atoms with Crippen molar-refractivity contribution in [3.05, 3.63) is 53.6 Å². The van der Waals surface area contributed by atoms with Crippen LogP contribution in [0.3, 0.4) is 0 Å². The summed E-state index contributed by atoms with van der Waals surface area (Å²) in [6.07, 6.45) is 1.08. The van der Waals surface area contributed by atoms with Crippen molar-refractivity contribution >= 4 is 27.3 Å². The third-order valence-electron chi connectivity index (χ3n) is 4.17. The van der Waals surface area contributed by atoms with Gasteiger partial charge < -0.3 is 10.1 Å². The van der Waals surface area contributed by atoms with E-state index in [4.69, 9.17) is 4.74 Å². The van der Waals surface area contributed by atoms with Crippen molar-refractivity contribution in [2.45, 2.75) is 26.8 Å². The first-order chi connectivity index (χ1) is 12.1. The summed E-state index contributed by atoms with van der Waals surface area (Å²) in [5, 5.41) is 2.78. The first-order valence-corrected chi connectivity index (χ1v) is 10.00. The van der Waals surface area contributed by atoms with Gasteiger partial charge in [0.1, 0.15) is 11.8 Å². The second kappa shape index (κ2) is 7.78. The van der Waals surface area contributed by atoms with Crippen LogP contribution in [0.2, 0.25) is 0 Å². The lowest BCUT2D eigenvalue weighted by atomic mass is 10.1. The topological polar surface area (TPSA) is 75.7 Å². The van der Waals surface area contributed by atoms with E-state index in [1.54, 1.807) is 37.3 Å². The molecule has 0 bridgehead atoms. The van der Waals surface area contributed by atoms with Crippen molar-refractivity contribution in [2.75, 3.05) is 23.0 Å². The Labute approximate surface area is 154 Å². The molecule has 26 heavy (non-hydrogen) atoms. The number of rotatable bonds is 6. The summed E-state index contributed by atoms with van der Waals surface area (Å²) in [6.45, 7) is 5.49. The molecule has 0 heterocycles. The summed E-state index contributed by atoms with van der Waals surface area (Å²) in [5.41, 5.74) is 3.16. The summed E-state index contributed by atoms with van der Waals surface area (Å²) >= 11 is 0. The number of nitrogens with one attached hydrogen (secondary N) is 1. The fourth-order valence-electron chi connectivity index (χ4n) is 2.62. The first kappa shape index (κ1) is 19.8. The number of hydrogen-bond acceptors (Lipinski definition) is 4. The number of hydrogen-bond donors (Lipinski definition) is 1. The number of carbonyl (C=O) groups excluding carboxylic acids is 1. The lowest BCUT2D eigenvalue weighted by Crippen LogP contribution is -2.45. The molecule has 1 N–H and O–H groups in total. The Hall–Kier alpha value is -2.54. The maximum Gasteiger partial charge on any atom is 0.247 e. The molecule has 140 valence electrons. The standard InChI is InChI=1S/C19H24N2O4S/c1-13-9-10-16(11-14(13)2)20-19(22)15(3)21(26(5,23)24)17-7-6-8-18(12-17)25-4/h6-12,15H,1-5H3,(H,20,22)/t15-/m0/s1. The van der Waals surface area contributed by atoms with Crippen LogP contribution in [0.1, 0.15) is 18.1 Å². The molecule has 0 saturated carbocycles. The first-order valence-electron chi connectivity index (χ1n) is 8.15. The Morgan fingerprint density at radius 1 is 1.12 bits per heavy atom. The number of amides is 1. The Morgan fingerprint density at radius 3 is 2.38 bits per heavy atom. The van der Waals surface area contributed by atoms with Gasteiger partial charge in [0, 0.05) is 11.8 Å². The minimum Gasteiger partial charge on any atom is -0.497 e. The molecule has 0 aliphatic rings. The van der Waals surface area contributed by atoms with Crippen molar-refractivity contribution < 1.29 is 17.9 Å². The lowest BCUT2D eigenvalue weighted by molar-refractivity contribution is -0.116. The number of benzene rings is 2. The summed E-state index contributed by atoms with van der Waals surface area (Å²) in [5.74, 6) is 0.0967. The number of nitrogens with zero attached hydrogens (tertiary/aromatic N) is 1. The van der Waals surface area contributed by atoms with Gasteiger partial charge in [0.05, 0.1) is 19.1 Å². The minimum absolute atomic E-state index is 0.370. The van der Waals surface area contributed by atoms with Gasteiger partial charge in [-0.25, -0.2) is 8.42 Å². The van der Waals surface area contributed by atoms with Crippen LogP contribution in [0.15, 0.2) is 42.5 Å². The summed E-state index contributed by atoms with van der Waals surface area (Å²) in [6, 6.07) is 11.2. The molecule has 0 aliphatic carbocycles. The zero-order valence-corrected chi connectivity index (χ0v) is 16.4. The highest BCUT2D eigenvalue weighted by atomic mass is 32.2. The number of sulfonamides is 1. The summed E-state index contributed by atoms with van der Waals surface area (Å²) in [7, 11) is -2.18. The molecule has 2 rings (SSSR count). The largest absolute Gasteiger partial charge is 0.497 e. The Kier molecular flexibility index (Phi) is 5.92. The van der Waals surface area contributed by atoms with Gasteiger partial charge in [-0.15, -0.1) is 0 Å². The molecule has 7 heteroatoms. The number of methoxy groups -OCH3 is 1. The third-order valence-corrected chi connectivity index (χ3v) is 5.41. The SMILES string of the molecule is COc1cccc(N([C@@H](C)C(=O)Nc2ccc(C)c(C)c2)S(C)(=O)=O)c1. The van der Waals surface area contributed by atoms with Crippen LogP contribution in [0.25, 0.3) is 0 Å². The maximum absolute atomic E-state index is 12.7. The van der Waals surface area contributed by atoms with Crippen molar-refractivity contribution in [1.82, 2.24) is 0 Å². The number of aryl methyl sites for hydroxylation is 2. The highest BCUT2D eigenvalue weighted by molar-refractivity contribution is 7.92. The van der Waals surface area contributed by atoms with Gasteiger partial charge in [0.2, 0.25) is 15.9 Å². The van der Waals surface area contributed by atoms with Crippen LogP contribution in [0, 0.1) is 13.8 Å². The zero-order chi connectivity index (χ0) is 19.5. The van der Waals surface area contributed by atoms with E-state index in [0.29, 0.717) is 17.1 Å². The highest BCUT2D eigenvalue weighted by Gasteiger charge is 2.29. The van der Waals surface area contributed by atoms with E-state index in [2.05, 4.69) is 5.32 Å². The van der Waals surface area contributed by atoms with E-state index in [1.165, 1.54) is 7.11 Å².